The van der Waals surface area contributed by atoms with Crippen LogP contribution in [0.5, 0.6) is 5.75 Å². The van der Waals surface area contributed by atoms with Gasteiger partial charge in [-0.1, -0.05) is 19.3 Å². The quantitative estimate of drug-likeness (QED) is 0.731. The molecule has 6 heteroatoms. The SMILES string of the molecule is COc1ccc(-n2nc(-c3cccn3C)cc2C(=O)NC2CCCCC2)cc1. The van der Waals surface area contributed by atoms with Crippen molar-refractivity contribution in [2.24, 2.45) is 7.05 Å². The van der Waals surface area contributed by atoms with E-state index in [2.05, 4.69) is 5.32 Å². The third kappa shape index (κ3) is 3.67. The maximum Gasteiger partial charge on any atom is 0.270 e. The molecule has 146 valence electrons. The van der Waals surface area contributed by atoms with Gasteiger partial charge in [-0.05, 0) is 55.3 Å². The van der Waals surface area contributed by atoms with Crippen LogP contribution >= 0.6 is 0 Å². The van der Waals surface area contributed by atoms with Gasteiger partial charge >= 0.3 is 0 Å². The number of carbonyl (C=O) groups is 1. The smallest absolute Gasteiger partial charge is 0.270 e. The van der Waals surface area contributed by atoms with E-state index in [0.29, 0.717) is 5.69 Å². The lowest BCUT2D eigenvalue weighted by Crippen LogP contribution is -2.37. The molecule has 0 unspecified atom stereocenters. The van der Waals surface area contributed by atoms with E-state index in [1.165, 1.54) is 19.3 Å². The molecule has 1 aliphatic carbocycles. The summed E-state index contributed by atoms with van der Waals surface area (Å²) in [6.07, 6.45) is 7.69. The van der Waals surface area contributed by atoms with Gasteiger partial charge in [0.25, 0.3) is 5.91 Å². The van der Waals surface area contributed by atoms with Gasteiger partial charge < -0.3 is 14.6 Å². The van der Waals surface area contributed by atoms with Crippen LogP contribution in [-0.2, 0) is 7.05 Å². The Morgan fingerprint density at radius 1 is 1.14 bits per heavy atom. The molecule has 4 rings (SSSR count). The Balaban J connectivity index is 1.70. The molecule has 3 aromatic rings. The van der Waals surface area contributed by atoms with Gasteiger partial charge in [0.05, 0.1) is 18.5 Å². The lowest BCUT2D eigenvalue weighted by Gasteiger charge is -2.22. The molecule has 2 heterocycles. The number of amides is 1. The van der Waals surface area contributed by atoms with Gasteiger partial charge in [0.2, 0.25) is 0 Å². The predicted molar refractivity (Wildman–Crippen MR) is 109 cm³/mol. The molecule has 28 heavy (non-hydrogen) atoms. The summed E-state index contributed by atoms with van der Waals surface area (Å²) in [5, 5.41) is 7.96. The summed E-state index contributed by atoms with van der Waals surface area (Å²) in [7, 11) is 3.61. The van der Waals surface area contributed by atoms with Gasteiger partial charge in [-0.25, -0.2) is 4.68 Å². The van der Waals surface area contributed by atoms with Crippen molar-refractivity contribution in [3.05, 3.63) is 54.4 Å². The third-order valence-electron chi connectivity index (χ3n) is 5.41. The van der Waals surface area contributed by atoms with E-state index in [-0.39, 0.29) is 11.9 Å². The standard InChI is InChI=1S/C22H26N4O2/c1-25-14-6-9-20(25)19-15-21(22(27)23-16-7-4-3-5-8-16)26(24-19)17-10-12-18(28-2)13-11-17/h6,9-16H,3-5,7-8H2,1-2H3,(H,23,27). The minimum Gasteiger partial charge on any atom is -0.497 e. The normalized spacial score (nSPS) is 14.8. The van der Waals surface area contributed by atoms with Crippen molar-refractivity contribution in [3.8, 4) is 22.8 Å². The molecule has 1 amide bonds. The highest BCUT2D eigenvalue weighted by atomic mass is 16.5. The Kier molecular flexibility index (Phi) is 5.19. The third-order valence-corrected chi connectivity index (χ3v) is 5.41. The van der Waals surface area contributed by atoms with Crippen LogP contribution in [0.15, 0.2) is 48.7 Å². The summed E-state index contributed by atoms with van der Waals surface area (Å²) in [5.41, 5.74) is 3.12. The highest BCUT2D eigenvalue weighted by Crippen LogP contribution is 2.24. The molecule has 1 aliphatic rings. The fraction of sp³-hybridized carbons (Fsp3) is 0.364. The number of hydrogen-bond donors (Lipinski definition) is 1. The van der Waals surface area contributed by atoms with Crippen LogP contribution in [-0.4, -0.2) is 33.4 Å². The number of nitrogens with zero attached hydrogens (tertiary/aromatic N) is 3. The van der Waals surface area contributed by atoms with Gasteiger partial charge in [0, 0.05) is 19.3 Å². The first kappa shape index (κ1) is 18.3. The maximum absolute atomic E-state index is 13.1. The second kappa shape index (κ2) is 7.92. The summed E-state index contributed by atoms with van der Waals surface area (Å²) in [6, 6.07) is 13.7. The highest BCUT2D eigenvalue weighted by Gasteiger charge is 2.22. The van der Waals surface area contributed by atoms with Crippen LogP contribution in [0.2, 0.25) is 0 Å². The minimum atomic E-state index is -0.0734. The summed E-state index contributed by atoms with van der Waals surface area (Å²) < 4.78 is 8.98. The monoisotopic (exact) mass is 378 g/mol. The number of nitrogens with one attached hydrogen (secondary N) is 1. The second-order valence-corrected chi connectivity index (χ2v) is 7.34. The first-order valence-electron chi connectivity index (χ1n) is 9.83. The van der Waals surface area contributed by atoms with Crippen LogP contribution in [0, 0.1) is 0 Å². The molecule has 1 saturated carbocycles. The second-order valence-electron chi connectivity index (χ2n) is 7.34. The Labute approximate surface area is 165 Å². The largest absolute Gasteiger partial charge is 0.497 e. The molecule has 0 bridgehead atoms. The first-order valence-corrected chi connectivity index (χ1v) is 9.83. The number of rotatable bonds is 5. The lowest BCUT2D eigenvalue weighted by atomic mass is 9.95. The summed E-state index contributed by atoms with van der Waals surface area (Å²) in [6.45, 7) is 0. The molecule has 0 atom stereocenters. The Morgan fingerprint density at radius 2 is 1.89 bits per heavy atom. The minimum absolute atomic E-state index is 0.0734. The van der Waals surface area contributed by atoms with Gasteiger partial charge in [-0.15, -0.1) is 0 Å². The molecule has 2 aromatic heterocycles. The number of hydrogen-bond acceptors (Lipinski definition) is 3. The Hall–Kier alpha value is -3.02. The Morgan fingerprint density at radius 3 is 2.54 bits per heavy atom. The molecule has 1 fully saturated rings. The molecule has 0 aliphatic heterocycles. The highest BCUT2D eigenvalue weighted by molar-refractivity contribution is 5.94. The van der Waals surface area contributed by atoms with Crippen molar-refractivity contribution in [2.75, 3.05) is 7.11 Å². The number of methoxy groups -OCH3 is 1. The molecular formula is C22H26N4O2. The zero-order valence-electron chi connectivity index (χ0n) is 16.4. The van der Waals surface area contributed by atoms with Crippen molar-refractivity contribution < 1.29 is 9.53 Å². The van der Waals surface area contributed by atoms with Crippen LogP contribution in [0.25, 0.3) is 17.1 Å². The lowest BCUT2D eigenvalue weighted by molar-refractivity contribution is 0.0920. The molecule has 0 spiro atoms. The predicted octanol–water partition coefficient (Wildman–Crippen LogP) is 3.95. The molecule has 1 aromatic carbocycles. The average molecular weight is 378 g/mol. The van der Waals surface area contributed by atoms with E-state index in [1.807, 2.05) is 60.3 Å². The summed E-state index contributed by atoms with van der Waals surface area (Å²) in [4.78, 5) is 13.1. The van der Waals surface area contributed by atoms with Gasteiger partial charge in [0.15, 0.2) is 0 Å². The van der Waals surface area contributed by atoms with Gasteiger partial charge in [0.1, 0.15) is 17.1 Å². The molecule has 0 radical (unpaired) electrons. The van der Waals surface area contributed by atoms with Crippen LogP contribution in [0.1, 0.15) is 42.6 Å². The van der Waals surface area contributed by atoms with Crippen molar-refractivity contribution in [1.29, 1.82) is 0 Å². The van der Waals surface area contributed by atoms with Crippen molar-refractivity contribution in [2.45, 2.75) is 38.1 Å². The van der Waals surface area contributed by atoms with E-state index < -0.39 is 0 Å². The topological polar surface area (TPSA) is 61.1 Å². The Bertz CT molecular complexity index is 949. The number of aryl methyl sites for hydroxylation is 1. The fourth-order valence-corrected chi connectivity index (χ4v) is 3.82. The number of ether oxygens (including phenoxy) is 1. The van der Waals surface area contributed by atoms with E-state index in [9.17, 15) is 4.79 Å². The van der Waals surface area contributed by atoms with Crippen molar-refractivity contribution in [3.63, 3.8) is 0 Å². The van der Waals surface area contributed by atoms with Crippen LogP contribution in [0.3, 0.4) is 0 Å². The molecular weight excluding hydrogens is 352 g/mol. The van der Waals surface area contributed by atoms with Gasteiger partial charge in [-0.2, -0.15) is 5.10 Å². The molecule has 6 nitrogen and oxygen atoms in total. The van der Waals surface area contributed by atoms with Crippen molar-refractivity contribution >= 4 is 5.91 Å². The zero-order chi connectivity index (χ0) is 19.5. The maximum atomic E-state index is 13.1. The number of benzene rings is 1. The number of aromatic nitrogens is 3. The van der Waals surface area contributed by atoms with E-state index in [0.717, 1.165) is 35.7 Å². The first-order chi connectivity index (χ1) is 13.7. The van der Waals surface area contributed by atoms with Crippen LogP contribution < -0.4 is 10.1 Å². The summed E-state index contributed by atoms with van der Waals surface area (Å²) >= 11 is 0. The van der Waals surface area contributed by atoms with E-state index >= 15 is 0 Å². The fourth-order valence-electron chi connectivity index (χ4n) is 3.82. The van der Waals surface area contributed by atoms with Crippen LogP contribution in [0.4, 0.5) is 0 Å². The van der Waals surface area contributed by atoms with E-state index in [4.69, 9.17) is 9.84 Å². The van der Waals surface area contributed by atoms with Crippen molar-refractivity contribution in [1.82, 2.24) is 19.7 Å². The zero-order valence-corrected chi connectivity index (χ0v) is 16.4. The molecule has 0 saturated heterocycles. The van der Waals surface area contributed by atoms with E-state index in [1.54, 1.807) is 11.8 Å². The van der Waals surface area contributed by atoms with Gasteiger partial charge in [-0.3, -0.25) is 4.79 Å². The average Bonchev–Trinajstić information content (AvgIpc) is 3.35. The molecule has 1 N–H and O–H groups in total. The summed E-state index contributed by atoms with van der Waals surface area (Å²) in [5.74, 6) is 0.697. The number of carbonyl (C=O) groups excluding carboxylic acids is 1.